The second-order valence-electron chi connectivity index (χ2n) is 33.1. The van der Waals surface area contributed by atoms with E-state index in [4.69, 9.17) is 0 Å². The molecule has 0 amide bonds. The zero-order valence-corrected chi connectivity index (χ0v) is 71.4. The van der Waals surface area contributed by atoms with Crippen LogP contribution in [0, 0.1) is 101 Å². The first-order valence-corrected chi connectivity index (χ1v) is 43.2. The maximum Gasteiger partial charge on any atom is 0.00982 e. The summed E-state index contributed by atoms with van der Waals surface area (Å²) in [5.74, 6) is 17.4. The van der Waals surface area contributed by atoms with Gasteiger partial charge in [0.2, 0.25) is 0 Å². The van der Waals surface area contributed by atoms with Gasteiger partial charge < -0.3 is 39.2 Å². The van der Waals surface area contributed by atoms with Crippen molar-refractivity contribution in [1.82, 2.24) is 39.2 Å². The molecule has 0 spiro atoms. The normalized spacial score (nSPS) is 40.7. The van der Waals surface area contributed by atoms with Crippen LogP contribution < -0.4 is 0 Å². The van der Waals surface area contributed by atoms with Crippen LogP contribution in [0.1, 0.15) is 307 Å². The molecule has 8 heteroatoms. The van der Waals surface area contributed by atoms with E-state index in [-0.39, 0.29) is 0 Å². The molecule has 8 nitrogen and oxygen atoms in total. The number of hydrogen-bond donors (Lipinski definition) is 0. The van der Waals surface area contributed by atoms with Gasteiger partial charge in [0, 0.05) is 101 Å². The van der Waals surface area contributed by atoms with Gasteiger partial charge in [0.15, 0.2) is 0 Å². The molecule has 18 aliphatic rings. The van der Waals surface area contributed by atoms with Gasteiger partial charge in [-0.1, -0.05) is 173 Å². The van der Waals surface area contributed by atoms with Crippen molar-refractivity contribution in [2.45, 2.75) is 350 Å². The highest BCUT2D eigenvalue weighted by molar-refractivity contribution is 4.97. The van der Waals surface area contributed by atoms with Crippen LogP contribution in [-0.2, 0) is 0 Å². The maximum absolute atomic E-state index is 2.63. The van der Waals surface area contributed by atoms with Gasteiger partial charge in [-0.15, -0.1) is 0 Å². The van der Waals surface area contributed by atoms with Crippen LogP contribution in [0.15, 0.2) is 0 Å². The van der Waals surface area contributed by atoms with E-state index in [0.717, 1.165) is 143 Å². The fourth-order valence-electron chi connectivity index (χ4n) is 21.3. The van der Waals surface area contributed by atoms with Crippen LogP contribution in [0.25, 0.3) is 0 Å². The summed E-state index contributed by atoms with van der Waals surface area (Å²) in [7, 11) is 18.2. The Morgan fingerprint density at radius 1 is 0.211 bits per heavy atom. The predicted octanol–water partition coefficient (Wildman–Crippen LogP) is 21.6. The van der Waals surface area contributed by atoms with Gasteiger partial charge >= 0.3 is 0 Å². The summed E-state index contributed by atoms with van der Waals surface area (Å²) in [6.07, 6.45) is 32.4. The molecule has 18 fully saturated rings. The zero-order valence-electron chi connectivity index (χ0n) is 71.4. The molecule has 20 unspecified atom stereocenters. The van der Waals surface area contributed by atoms with E-state index in [2.05, 4.69) is 151 Å². The van der Waals surface area contributed by atoms with Crippen molar-refractivity contribution < 1.29 is 0 Å². The van der Waals surface area contributed by atoms with Crippen LogP contribution in [0.4, 0.5) is 0 Å². The molecule has 0 radical (unpaired) electrons. The van der Waals surface area contributed by atoms with Gasteiger partial charge in [-0.25, -0.2) is 0 Å². The molecular formula is C87H182N8. The molecule has 95 heavy (non-hydrogen) atoms. The van der Waals surface area contributed by atoms with Gasteiger partial charge in [-0.2, -0.15) is 0 Å². The van der Waals surface area contributed by atoms with Crippen molar-refractivity contribution in [3.63, 3.8) is 0 Å². The summed E-state index contributed by atoms with van der Waals surface area (Å²) in [6, 6.07) is 6.55. The fraction of sp³-hybridized carbons (Fsp3) is 1.00. The number of likely N-dealkylation sites (tertiary alicyclic amines) is 4. The lowest BCUT2D eigenvalue weighted by Crippen LogP contribution is -2.52. The highest BCUT2D eigenvalue weighted by Crippen LogP contribution is 2.46. The molecular weight excluding hydrogens is 1160 g/mol. The molecule has 12 heterocycles. The van der Waals surface area contributed by atoms with Crippen LogP contribution in [0.5, 0.6) is 0 Å². The molecule has 0 aromatic heterocycles. The second kappa shape index (κ2) is 50.1. The molecule has 0 aromatic rings. The molecule has 570 valence electrons. The molecule has 6 aliphatic carbocycles. The highest BCUT2D eigenvalue weighted by Gasteiger charge is 2.44. The lowest BCUT2D eigenvalue weighted by Gasteiger charge is -2.51. The van der Waals surface area contributed by atoms with E-state index in [0.29, 0.717) is 0 Å². The SMILES string of the molecule is CC.CC.CC.CC.CC.CC.CC.CC.CC1C2CC1CN(C)C2.CC1C2CCC1CN(C)C2.CC1CC2CC(C1)N(C)C2.CC1CC2CC1CN(C)C2.CC1CC2CC1CN2C.CC1CC2CCC(C1)N2C.CC1CC2CCC1CN2C.CC1CC2CCCC(C1)N2C. The third kappa shape index (κ3) is 29.0. The van der Waals surface area contributed by atoms with Crippen LogP contribution in [0.3, 0.4) is 0 Å². The van der Waals surface area contributed by atoms with Crippen molar-refractivity contribution >= 4 is 0 Å². The van der Waals surface area contributed by atoms with E-state index >= 15 is 0 Å². The minimum atomic E-state index is 0.928. The summed E-state index contributed by atoms with van der Waals surface area (Å²) in [4.78, 5) is 20.3. The second-order valence-corrected chi connectivity index (χ2v) is 33.1. The van der Waals surface area contributed by atoms with Gasteiger partial charge in [-0.3, -0.25) is 0 Å². The fourth-order valence-corrected chi connectivity index (χ4v) is 21.3. The molecule has 0 aromatic carbocycles. The molecule has 16 bridgehead atoms. The highest BCUT2D eigenvalue weighted by atomic mass is 15.2. The van der Waals surface area contributed by atoms with Crippen molar-refractivity contribution in [1.29, 1.82) is 0 Å². The van der Waals surface area contributed by atoms with E-state index in [1.165, 1.54) is 200 Å². The van der Waals surface area contributed by atoms with E-state index in [1.54, 1.807) is 0 Å². The van der Waals surface area contributed by atoms with E-state index in [1.807, 2.05) is 111 Å². The largest absolute Gasteiger partial charge is 0.306 e. The van der Waals surface area contributed by atoms with Gasteiger partial charge in [0.05, 0.1) is 0 Å². The molecule has 12 aliphatic heterocycles. The molecule has 18 rings (SSSR count). The standard InChI is InChI=1S/C10H19N.5C9H17N.2C8H15N.8C2H6/c1-8-6-9-4-3-5-10(7-8)11(9)2;1-7-3-8-4-9(7)6-10(2)5-8;1-7-3-8-5-9(4-7)10(2)6-8;1-7-8-3-4-9(7)6-10(2)5-8;1-7-5-9-4-3-8(7)6-10(9)2;1-7-5-8-3-4-9(6-7)10(8)2;1-6-7-3-8(6)5-9(2)4-7;1-6-3-8-4-7(6)5-9(8)2;8*1-2/h8-10H,3-7H2,1-2H3;5*7-9H,3-6H2,1-2H3;2*6-8H,3-5H2,1-2H3;8*1-2H3. The monoisotopic (exact) mass is 1340 g/mol. The number of nitrogens with zero attached hydrogens (tertiary/aromatic N) is 8. The van der Waals surface area contributed by atoms with Crippen molar-refractivity contribution in [3.8, 4) is 0 Å². The Kier molecular flexibility index (Phi) is 48.9. The summed E-state index contributed by atoms with van der Waals surface area (Å²) >= 11 is 0. The Morgan fingerprint density at radius 2 is 0.526 bits per heavy atom. The van der Waals surface area contributed by atoms with E-state index in [9.17, 15) is 0 Å². The molecule has 6 saturated carbocycles. The molecule has 20 atom stereocenters. The number of piperidine rings is 10. The lowest BCUT2D eigenvalue weighted by atomic mass is 9.63. The Bertz CT molecular complexity index is 1620. The van der Waals surface area contributed by atoms with E-state index < -0.39 is 0 Å². The summed E-state index contributed by atoms with van der Waals surface area (Å²) < 4.78 is 0. The van der Waals surface area contributed by atoms with Crippen LogP contribution in [-0.4, -0.2) is 197 Å². The molecule has 12 saturated heterocycles. The Balaban J connectivity index is 0.000000527. The van der Waals surface area contributed by atoms with Crippen molar-refractivity contribution in [3.05, 3.63) is 0 Å². The minimum Gasteiger partial charge on any atom is -0.306 e. The summed E-state index contributed by atoms with van der Waals surface area (Å²) in [5, 5.41) is 0. The smallest absolute Gasteiger partial charge is 0.00982 e. The topological polar surface area (TPSA) is 25.9 Å². The zero-order chi connectivity index (χ0) is 72.4. The van der Waals surface area contributed by atoms with Gasteiger partial charge in [0.25, 0.3) is 0 Å². The Labute approximate surface area is 601 Å². The third-order valence-corrected chi connectivity index (χ3v) is 26.7. The average Bonchev–Trinajstić information content (AvgIpc) is 1.80. The lowest BCUT2D eigenvalue weighted by molar-refractivity contribution is -0.0212. The number of fused-ring (bicyclic) bond motifs is 17. The third-order valence-electron chi connectivity index (χ3n) is 26.7. The first-order valence-electron chi connectivity index (χ1n) is 43.2. The van der Waals surface area contributed by atoms with Crippen LogP contribution >= 0.6 is 0 Å². The Hall–Kier alpha value is -0.320. The average molecular weight is 1340 g/mol. The predicted molar refractivity (Wildman–Crippen MR) is 430 cm³/mol. The van der Waals surface area contributed by atoms with Crippen molar-refractivity contribution in [2.24, 2.45) is 101 Å². The maximum atomic E-state index is 2.63. The minimum absolute atomic E-state index is 0.928. The molecule has 0 N–H and O–H groups in total. The first-order chi connectivity index (χ1) is 45.6. The number of rotatable bonds is 0. The summed E-state index contributed by atoms with van der Waals surface area (Å²) in [5.41, 5.74) is 0. The first kappa shape index (κ1) is 92.7. The number of hydrogen-bond acceptors (Lipinski definition) is 8. The Morgan fingerprint density at radius 3 is 0.895 bits per heavy atom. The quantitative estimate of drug-likeness (QED) is 0.237. The summed E-state index contributed by atoms with van der Waals surface area (Å²) in [6.45, 7) is 63.6. The van der Waals surface area contributed by atoms with Crippen molar-refractivity contribution in [2.75, 3.05) is 115 Å². The van der Waals surface area contributed by atoms with Gasteiger partial charge in [0.1, 0.15) is 0 Å². The van der Waals surface area contributed by atoms with Gasteiger partial charge in [-0.05, 0) is 292 Å². The van der Waals surface area contributed by atoms with Crippen LogP contribution in [0.2, 0.25) is 0 Å².